The van der Waals surface area contributed by atoms with Crippen LogP contribution in [-0.2, 0) is 9.53 Å². The van der Waals surface area contributed by atoms with Crippen LogP contribution < -0.4 is 5.32 Å². The molecule has 1 atom stereocenters. The van der Waals surface area contributed by atoms with E-state index < -0.39 is 0 Å². The third-order valence-corrected chi connectivity index (χ3v) is 2.00. The molecule has 0 radical (unpaired) electrons. The number of nitrogens with one attached hydrogen (secondary N) is 1. The molecular formula is C10H17NO2. The predicted octanol–water partition coefficient (Wildman–Crippen LogP) is 1.25. The Kier molecular flexibility index (Phi) is 4.54. The first-order valence-electron chi connectivity index (χ1n) is 4.88. The number of rotatable bonds is 5. The van der Waals surface area contributed by atoms with Crippen molar-refractivity contribution in [2.24, 2.45) is 0 Å². The fourth-order valence-corrected chi connectivity index (χ4v) is 1.23. The molecule has 0 saturated carbocycles. The summed E-state index contributed by atoms with van der Waals surface area (Å²) in [5.74, 6) is 0.0880. The summed E-state index contributed by atoms with van der Waals surface area (Å²) in [5, 5.41) is 2.86. The number of amides is 1. The Balaban J connectivity index is 2.06. The minimum Gasteiger partial charge on any atom is -0.370 e. The van der Waals surface area contributed by atoms with E-state index in [4.69, 9.17) is 4.74 Å². The van der Waals surface area contributed by atoms with Gasteiger partial charge in [0.15, 0.2) is 0 Å². The summed E-state index contributed by atoms with van der Waals surface area (Å²) in [7, 11) is 0. The fraction of sp³-hybridized carbons (Fsp3) is 0.700. The van der Waals surface area contributed by atoms with E-state index in [0.717, 1.165) is 19.4 Å². The van der Waals surface area contributed by atoms with E-state index in [0.29, 0.717) is 13.0 Å². The van der Waals surface area contributed by atoms with Crippen LogP contribution in [0.3, 0.4) is 0 Å². The van der Waals surface area contributed by atoms with E-state index in [-0.39, 0.29) is 12.0 Å². The lowest BCUT2D eigenvalue weighted by molar-refractivity contribution is -0.122. The standard InChI is InChI=1S/C10H17NO2/c1-2-3-6-11-10(12)8-9-5-4-7-13-9/h4-5,9H,2-3,6-8H2,1H3,(H,11,12). The van der Waals surface area contributed by atoms with Crippen LogP contribution in [0.4, 0.5) is 0 Å². The maximum Gasteiger partial charge on any atom is 0.222 e. The highest BCUT2D eigenvalue weighted by atomic mass is 16.5. The van der Waals surface area contributed by atoms with Gasteiger partial charge in [0.2, 0.25) is 5.91 Å². The molecule has 0 aromatic carbocycles. The molecule has 0 saturated heterocycles. The van der Waals surface area contributed by atoms with Gasteiger partial charge in [-0.25, -0.2) is 0 Å². The summed E-state index contributed by atoms with van der Waals surface area (Å²) < 4.78 is 5.26. The highest BCUT2D eigenvalue weighted by Crippen LogP contribution is 2.06. The third kappa shape index (κ3) is 4.08. The normalized spacial score (nSPS) is 20.5. The predicted molar refractivity (Wildman–Crippen MR) is 51.4 cm³/mol. The van der Waals surface area contributed by atoms with Gasteiger partial charge in [0.25, 0.3) is 0 Å². The average Bonchev–Trinajstić information content (AvgIpc) is 2.57. The number of hydrogen-bond acceptors (Lipinski definition) is 2. The molecule has 0 spiro atoms. The van der Waals surface area contributed by atoms with Gasteiger partial charge in [0.1, 0.15) is 0 Å². The quantitative estimate of drug-likeness (QED) is 0.514. The molecule has 0 fully saturated rings. The molecule has 0 aromatic rings. The molecule has 13 heavy (non-hydrogen) atoms. The molecular weight excluding hydrogens is 166 g/mol. The second kappa shape index (κ2) is 5.75. The van der Waals surface area contributed by atoms with Gasteiger partial charge < -0.3 is 10.1 Å². The van der Waals surface area contributed by atoms with Crippen LogP contribution in [0.25, 0.3) is 0 Å². The molecule has 74 valence electrons. The zero-order valence-electron chi connectivity index (χ0n) is 8.08. The molecule has 1 N–H and O–H groups in total. The highest BCUT2D eigenvalue weighted by Gasteiger charge is 2.13. The van der Waals surface area contributed by atoms with Gasteiger partial charge in [-0.1, -0.05) is 25.5 Å². The van der Waals surface area contributed by atoms with Crippen molar-refractivity contribution in [3.8, 4) is 0 Å². The van der Waals surface area contributed by atoms with Gasteiger partial charge in [-0.3, -0.25) is 4.79 Å². The third-order valence-electron chi connectivity index (χ3n) is 2.00. The maximum absolute atomic E-state index is 11.2. The van der Waals surface area contributed by atoms with E-state index in [1.807, 2.05) is 12.2 Å². The van der Waals surface area contributed by atoms with Gasteiger partial charge in [-0.2, -0.15) is 0 Å². The fourth-order valence-electron chi connectivity index (χ4n) is 1.23. The SMILES string of the molecule is CCCCNC(=O)CC1C=CCO1. The molecule has 0 aliphatic carbocycles. The number of ether oxygens (including phenoxy) is 1. The monoisotopic (exact) mass is 183 g/mol. The minimum absolute atomic E-state index is 0.00151. The lowest BCUT2D eigenvalue weighted by Crippen LogP contribution is -2.27. The largest absolute Gasteiger partial charge is 0.370 e. The molecule has 1 aliphatic heterocycles. The van der Waals surface area contributed by atoms with Crippen LogP contribution in [0.2, 0.25) is 0 Å². The Bertz CT molecular complexity index is 189. The van der Waals surface area contributed by atoms with Crippen molar-refractivity contribution < 1.29 is 9.53 Å². The lowest BCUT2D eigenvalue weighted by atomic mass is 10.2. The van der Waals surface area contributed by atoms with Crippen LogP contribution in [0.15, 0.2) is 12.2 Å². The molecule has 0 aromatic heterocycles. The Hall–Kier alpha value is -0.830. The lowest BCUT2D eigenvalue weighted by Gasteiger charge is -2.08. The van der Waals surface area contributed by atoms with Crippen LogP contribution in [0.1, 0.15) is 26.2 Å². The maximum atomic E-state index is 11.2. The molecule has 0 bridgehead atoms. The van der Waals surface area contributed by atoms with Crippen LogP contribution in [0, 0.1) is 0 Å². The summed E-state index contributed by atoms with van der Waals surface area (Å²) >= 11 is 0. The molecule has 1 rings (SSSR count). The minimum atomic E-state index is 0.00151. The van der Waals surface area contributed by atoms with Crippen LogP contribution in [0.5, 0.6) is 0 Å². The molecule has 1 aliphatic rings. The summed E-state index contributed by atoms with van der Waals surface area (Å²) in [4.78, 5) is 11.2. The van der Waals surface area contributed by atoms with Gasteiger partial charge in [0, 0.05) is 6.54 Å². The first kappa shape index (κ1) is 10.3. The van der Waals surface area contributed by atoms with Crippen LogP contribution in [-0.4, -0.2) is 25.2 Å². The number of unbranched alkanes of at least 4 members (excludes halogenated alkanes) is 1. The molecule has 3 nitrogen and oxygen atoms in total. The number of carbonyl (C=O) groups excluding carboxylic acids is 1. The number of carbonyl (C=O) groups is 1. The van der Waals surface area contributed by atoms with E-state index in [2.05, 4.69) is 12.2 Å². The highest BCUT2D eigenvalue weighted by molar-refractivity contribution is 5.76. The summed E-state index contributed by atoms with van der Waals surface area (Å²) in [6.07, 6.45) is 6.51. The smallest absolute Gasteiger partial charge is 0.222 e. The first-order valence-corrected chi connectivity index (χ1v) is 4.88. The topological polar surface area (TPSA) is 38.3 Å². The van der Waals surface area contributed by atoms with Gasteiger partial charge in [-0.15, -0.1) is 0 Å². The Morgan fingerprint density at radius 1 is 1.69 bits per heavy atom. The Morgan fingerprint density at radius 3 is 3.15 bits per heavy atom. The van der Waals surface area contributed by atoms with Crippen molar-refractivity contribution >= 4 is 5.91 Å². The van der Waals surface area contributed by atoms with Gasteiger partial charge in [0.05, 0.1) is 19.1 Å². The van der Waals surface area contributed by atoms with Gasteiger partial charge in [-0.05, 0) is 6.42 Å². The average molecular weight is 183 g/mol. The zero-order valence-corrected chi connectivity index (χ0v) is 8.08. The summed E-state index contributed by atoms with van der Waals surface area (Å²) in [6.45, 7) is 3.54. The van der Waals surface area contributed by atoms with Crippen molar-refractivity contribution in [2.75, 3.05) is 13.2 Å². The van der Waals surface area contributed by atoms with Crippen molar-refractivity contribution in [3.05, 3.63) is 12.2 Å². The van der Waals surface area contributed by atoms with Crippen LogP contribution >= 0.6 is 0 Å². The summed E-state index contributed by atoms with van der Waals surface area (Å²) in [5.41, 5.74) is 0. The zero-order chi connectivity index (χ0) is 9.52. The Morgan fingerprint density at radius 2 is 2.54 bits per heavy atom. The number of hydrogen-bond donors (Lipinski definition) is 1. The summed E-state index contributed by atoms with van der Waals surface area (Å²) in [6, 6.07) is 0. The van der Waals surface area contributed by atoms with E-state index in [1.54, 1.807) is 0 Å². The molecule has 1 amide bonds. The second-order valence-electron chi connectivity index (χ2n) is 3.21. The van der Waals surface area contributed by atoms with E-state index >= 15 is 0 Å². The van der Waals surface area contributed by atoms with Gasteiger partial charge >= 0.3 is 0 Å². The second-order valence-corrected chi connectivity index (χ2v) is 3.21. The van der Waals surface area contributed by atoms with Crippen molar-refractivity contribution in [1.82, 2.24) is 5.32 Å². The molecule has 1 unspecified atom stereocenters. The van der Waals surface area contributed by atoms with Crippen molar-refractivity contribution in [3.63, 3.8) is 0 Å². The Labute approximate surface area is 79.2 Å². The van der Waals surface area contributed by atoms with Crippen molar-refractivity contribution in [1.29, 1.82) is 0 Å². The first-order chi connectivity index (χ1) is 6.33. The van der Waals surface area contributed by atoms with E-state index in [1.165, 1.54) is 0 Å². The molecule has 3 heteroatoms. The van der Waals surface area contributed by atoms with E-state index in [9.17, 15) is 4.79 Å². The van der Waals surface area contributed by atoms with Crippen molar-refractivity contribution in [2.45, 2.75) is 32.3 Å². The molecule has 1 heterocycles.